The normalized spacial score (nSPS) is 28.8. The molecular formula is C9H18ClNO. The van der Waals surface area contributed by atoms with Crippen LogP contribution in [0.2, 0.25) is 0 Å². The van der Waals surface area contributed by atoms with Crippen LogP contribution in [-0.4, -0.2) is 23.8 Å². The molecule has 3 heteroatoms. The average Bonchev–Trinajstić information content (AvgIpc) is 1.83. The molecule has 1 saturated heterocycles. The van der Waals surface area contributed by atoms with Gasteiger partial charge in [0, 0.05) is 0 Å². The van der Waals surface area contributed by atoms with Crippen molar-refractivity contribution in [2.75, 3.05) is 13.1 Å². The van der Waals surface area contributed by atoms with Crippen LogP contribution in [0.15, 0.2) is 0 Å². The maximum atomic E-state index is 10.2. The zero-order chi connectivity index (χ0) is 7.73. The second-order valence-corrected chi connectivity index (χ2v) is 3.98. The molecule has 1 saturated carbocycles. The molecule has 1 aliphatic heterocycles. The van der Waals surface area contributed by atoms with Crippen LogP contribution in [0.4, 0.5) is 0 Å². The maximum Gasteiger partial charge on any atom is 0.0700 e. The number of rotatable bonds is 1. The van der Waals surface area contributed by atoms with Crippen molar-refractivity contribution in [1.29, 1.82) is 0 Å². The Morgan fingerprint density at radius 2 is 1.75 bits per heavy atom. The highest BCUT2D eigenvalue weighted by Crippen LogP contribution is 2.40. The number of hydrogen-bond acceptors (Lipinski definition) is 2. The summed E-state index contributed by atoms with van der Waals surface area (Å²) in [6, 6.07) is 0. The van der Waals surface area contributed by atoms with Crippen molar-refractivity contribution in [3.8, 4) is 0 Å². The second kappa shape index (κ2) is 3.95. The number of piperidine rings is 1. The van der Waals surface area contributed by atoms with Crippen molar-refractivity contribution < 1.29 is 5.11 Å². The summed E-state index contributed by atoms with van der Waals surface area (Å²) in [4.78, 5) is 0. The molecular weight excluding hydrogens is 174 g/mol. The van der Waals surface area contributed by atoms with Gasteiger partial charge in [0.05, 0.1) is 5.60 Å². The first-order valence-electron chi connectivity index (χ1n) is 4.74. The van der Waals surface area contributed by atoms with E-state index in [1.807, 2.05) is 0 Å². The van der Waals surface area contributed by atoms with E-state index in [0.717, 1.165) is 25.9 Å². The van der Waals surface area contributed by atoms with Crippen LogP contribution in [-0.2, 0) is 0 Å². The van der Waals surface area contributed by atoms with Crippen molar-refractivity contribution >= 4 is 12.4 Å². The van der Waals surface area contributed by atoms with Crippen molar-refractivity contribution in [3.05, 3.63) is 0 Å². The molecule has 0 aromatic rings. The van der Waals surface area contributed by atoms with Crippen LogP contribution >= 0.6 is 12.4 Å². The molecule has 2 aliphatic rings. The van der Waals surface area contributed by atoms with Crippen LogP contribution in [0.1, 0.15) is 32.1 Å². The Balaban J connectivity index is 0.000000720. The molecule has 0 spiro atoms. The van der Waals surface area contributed by atoms with Crippen molar-refractivity contribution in [2.24, 2.45) is 5.92 Å². The summed E-state index contributed by atoms with van der Waals surface area (Å²) >= 11 is 0. The number of nitrogens with one attached hydrogen (secondary N) is 1. The molecule has 2 nitrogen and oxygen atoms in total. The molecule has 0 atom stereocenters. The smallest absolute Gasteiger partial charge is 0.0700 e. The standard InChI is InChI=1S/C9H17NO.ClH/c11-9(8-2-1-3-8)4-6-10-7-5-9;/h8,10-11H,1-7H2;1H. The molecule has 1 aliphatic carbocycles. The lowest BCUT2D eigenvalue weighted by Gasteiger charge is -2.44. The van der Waals surface area contributed by atoms with E-state index in [1.54, 1.807) is 0 Å². The molecule has 2 fully saturated rings. The Labute approximate surface area is 80.1 Å². The molecule has 72 valence electrons. The monoisotopic (exact) mass is 191 g/mol. The van der Waals surface area contributed by atoms with Gasteiger partial charge in [-0.2, -0.15) is 0 Å². The van der Waals surface area contributed by atoms with Gasteiger partial charge >= 0.3 is 0 Å². The Bertz CT molecular complexity index is 141. The largest absolute Gasteiger partial charge is 0.390 e. The van der Waals surface area contributed by atoms with E-state index in [0.29, 0.717) is 5.92 Å². The van der Waals surface area contributed by atoms with Gasteiger partial charge in [-0.1, -0.05) is 6.42 Å². The van der Waals surface area contributed by atoms with Crippen LogP contribution < -0.4 is 5.32 Å². The fraction of sp³-hybridized carbons (Fsp3) is 1.00. The molecule has 0 aromatic carbocycles. The van der Waals surface area contributed by atoms with Gasteiger partial charge in [0.1, 0.15) is 0 Å². The predicted octanol–water partition coefficient (Wildman–Crippen LogP) is 1.32. The van der Waals surface area contributed by atoms with E-state index in [4.69, 9.17) is 0 Å². The van der Waals surface area contributed by atoms with E-state index in [2.05, 4.69) is 5.32 Å². The Morgan fingerprint density at radius 1 is 1.17 bits per heavy atom. The van der Waals surface area contributed by atoms with Crippen LogP contribution in [0.3, 0.4) is 0 Å². The highest BCUT2D eigenvalue weighted by Gasteiger charge is 2.40. The summed E-state index contributed by atoms with van der Waals surface area (Å²) in [6.07, 6.45) is 5.79. The predicted molar refractivity (Wildman–Crippen MR) is 51.6 cm³/mol. The van der Waals surface area contributed by atoms with Gasteiger partial charge in [-0.3, -0.25) is 0 Å². The first-order chi connectivity index (χ1) is 5.31. The summed E-state index contributed by atoms with van der Waals surface area (Å²) in [7, 11) is 0. The highest BCUT2D eigenvalue weighted by atomic mass is 35.5. The molecule has 12 heavy (non-hydrogen) atoms. The first-order valence-corrected chi connectivity index (χ1v) is 4.74. The molecule has 0 aromatic heterocycles. The van der Waals surface area contributed by atoms with Crippen LogP contribution in [0.5, 0.6) is 0 Å². The molecule has 1 heterocycles. The van der Waals surface area contributed by atoms with Crippen LogP contribution in [0.25, 0.3) is 0 Å². The highest BCUT2D eigenvalue weighted by molar-refractivity contribution is 5.85. The van der Waals surface area contributed by atoms with E-state index >= 15 is 0 Å². The minimum atomic E-state index is -0.288. The first kappa shape index (κ1) is 10.3. The van der Waals surface area contributed by atoms with Gasteiger partial charge in [0.25, 0.3) is 0 Å². The minimum absolute atomic E-state index is 0. The third-order valence-electron chi connectivity index (χ3n) is 3.33. The third kappa shape index (κ3) is 1.76. The zero-order valence-corrected chi connectivity index (χ0v) is 8.20. The third-order valence-corrected chi connectivity index (χ3v) is 3.33. The summed E-state index contributed by atoms with van der Waals surface area (Å²) in [6.45, 7) is 2.01. The van der Waals surface area contributed by atoms with E-state index in [-0.39, 0.29) is 18.0 Å². The molecule has 0 radical (unpaired) electrons. The Morgan fingerprint density at radius 3 is 2.17 bits per heavy atom. The van der Waals surface area contributed by atoms with Gasteiger partial charge in [0.15, 0.2) is 0 Å². The second-order valence-electron chi connectivity index (χ2n) is 3.98. The van der Waals surface area contributed by atoms with Gasteiger partial charge in [-0.25, -0.2) is 0 Å². The van der Waals surface area contributed by atoms with E-state index in [9.17, 15) is 5.11 Å². The SMILES string of the molecule is Cl.OC1(C2CCC2)CCNCC1. The summed E-state index contributed by atoms with van der Waals surface area (Å²) in [5.74, 6) is 0.629. The van der Waals surface area contributed by atoms with Gasteiger partial charge < -0.3 is 10.4 Å². The average molecular weight is 192 g/mol. The number of aliphatic hydroxyl groups is 1. The lowest BCUT2D eigenvalue weighted by molar-refractivity contribution is -0.0714. The van der Waals surface area contributed by atoms with Crippen molar-refractivity contribution in [3.63, 3.8) is 0 Å². The van der Waals surface area contributed by atoms with E-state index in [1.165, 1.54) is 19.3 Å². The lowest BCUT2D eigenvalue weighted by Crippen LogP contribution is -2.49. The molecule has 2 N–H and O–H groups in total. The summed E-state index contributed by atoms with van der Waals surface area (Å²) < 4.78 is 0. The molecule has 0 bridgehead atoms. The van der Waals surface area contributed by atoms with Gasteiger partial charge in [-0.15, -0.1) is 12.4 Å². The summed E-state index contributed by atoms with van der Waals surface area (Å²) in [5, 5.41) is 13.4. The number of hydrogen-bond donors (Lipinski definition) is 2. The van der Waals surface area contributed by atoms with Crippen LogP contribution in [0, 0.1) is 5.92 Å². The van der Waals surface area contributed by atoms with Gasteiger partial charge in [0.2, 0.25) is 0 Å². The topological polar surface area (TPSA) is 32.3 Å². The number of halogens is 1. The van der Waals surface area contributed by atoms with Crippen molar-refractivity contribution in [1.82, 2.24) is 5.32 Å². The lowest BCUT2D eigenvalue weighted by atomic mass is 9.69. The van der Waals surface area contributed by atoms with E-state index < -0.39 is 0 Å². The maximum absolute atomic E-state index is 10.2. The fourth-order valence-electron chi connectivity index (χ4n) is 2.21. The Kier molecular flexibility index (Phi) is 3.38. The fourth-order valence-corrected chi connectivity index (χ4v) is 2.21. The zero-order valence-electron chi connectivity index (χ0n) is 7.38. The molecule has 0 unspecified atom stereocenters. The summed E-state index contributed by atoms with van der Waals surface area (Å²) in [5.41, 5.74) is -0.288. The quantitative estimate of drug-likeness (QED) is 0.656. The Hall–Kier alpha value is 0.210. The molecule has 0 amide bonds. The van der Waals surface area contributed by atoms with Crippen molar-refractivity contribution in [2.45, 2.75) is 37.7 Å². The minimum Gasteiger partial charge on any atom is -0.390 e. The van der Waals surface area contributed by atoms with Gasteiger partial charge in [-0.05, 0) is 44.7 Å². The molecule has 2 rings (SSSR count).